The minimum Gasteiger partial charge on any atom is -0.494 e. The average Bonchev–Trinajstić information content (AvgIpc) is 2.44. The van der Waals surface area contributed by atoms with Crippen LogP contribution in [0.3, 0.4) is 0 Å². The van der Waals surface area contributed by atoms with Gasteiger partial charge < -0.3 is 5.11 Å². The molecular weight excluding hydrogens is 336 g/mol. The zero-order chi connectivity index (χ0) is 15.4. The number of hydrogen-bond acceptors (Lipinski definition) is 3. The lowest BCUT2D eigenvalue weighted by atomic mass is 10.1. The molecule has 6 heteroatoms. The van der Waals surface area contributed by atoms with Gasteiger partial charge >= 0.3 is 5.69 Å². The van der Waals surface area contributed by atoms with E-state index in [1.54, 1.807) is 31.2 Å². The number of aromatic nitrogens is 2. The summed E-state index contributed by atoms with van der Waals surface area (Å²) in [5.41, 5.74) is -0.646. The Bertz CT molecular complexity index is 823. The van der Waals surface area contributed by atoms with Gasteiger partial charge in [0.2, 0.25) is 5.88 Å². The number of hydrogen-bond donors (Lipinski definition) is 2. The molecule has 0 aliphatic rings. The SMILES string of the molecule is CC#CCCn1c(O)c(-c2ccc(Br)cc2)c(=O)[nH]c1=O. The van der Waals surface area contributed by atoms with Crippen molar-refractivity contribution in [2.75, 3.05) is 0 Å². The molecule has 0 atom stereocenters. The second kappa shape index (κ2) is 6.46. The summed E-state index contributed by atoms with van der Waals surface area (Å²) in [6.45, 7) is 1.91. The van der Waals surface area contributed by atoms with Crippen LogP contribution in [0.2, 0.25) is 0 Å². The maximum atomic E-state index is 12.0. The second-order valence-corrected chi connectivity index (χ2v) is 5.21. The average molecular weight is 349 g/mol. The molecule has 0 saturated heterocycles. The van der Waals surface area contributed by atoms with E-state index in [0.29, 0.717) is 12.0 Å². The molecule has 2 rings (SSSR count). The summed E-state index contributed by atoms with van der Waals surface area (Å²) in [6, 6.07) is 6.89. The van der Waals surface area contributed by atoms with Crippen molar-refractivity contribution in [2.24, 2.45) is 0 Å². The molecule has 108 valence electrons. The summed E-state index contributed by atoms with van der Waals surface area (Å²) in [6.07, 6.45) is 0.412. The highest BCUT2D eigenvalue weighted by Crippen LogP contribution is 2.25. The highest BCUT2D eigenvalue weighted by Gasteiger charge is 2.15. The van der Waals surface area contributed by atoms with Crippen LogP contribution in [0, 0.1) is 11.8 Å². The molecule has 2 N–H and O–H groups in total. The van der Waals surface area contributed by atoms with Crippen molar-refractivity contribution in [3.05, 3.63) is 49.6 Å². The summed E-state index contributed by atoms with van der Waals surface area (Å²) in [4.78, 5) is 26.0. The van der Waals surface area contributed by atoms with Gasteiger partial charge in [0.25, 0.3) is 5.56 Å². The van der Waals surface area contributed by atoms with Crippen molar-refractivity contribution in [1.82, 2.24) is 9.55 Å². The van der Waals surface area contributed by atoms with Gasteiger partial charge in [-0.2, -0.15) is 0 Å². The Morgan fingerprint density at radius 1 is 1.29 bits per heavy atom. The zero-order valence-corrected chi connectivity index (χ0v) is 12.9. The maximum absolute atomic E-state index is 12.0. The lowest BCUT2D eigenvalue weighted by Gasteiger charge is -2.10. The quantitative estimate of drug-likeness (QED) is 0.834. The van der Waals surface area contributed by atoms with Gasteiger partial charge in [-0.05, 0) is 24.6 Å². The number of halogens is 1. The van der Waals surface area contributed by atoms with Gasteiger partial charge in [-0.1, -0.05) is 28.1 Å². The Labute approximate surface area is 129 Å². The standard InChI is InChI=1S/C15H13BrN2O3/c1-2-3-4-9-18-14(20)12(13(19)17-15(18)21)10-5-7-11(16)8-6-10/h5-8,20H,4,9H2,1H3,(H,17,19,21). The van der Waals surface area contributed by atoms with Crippen molar-refractivity contribution >= 4 is 15.9 Å². The first-order chi connectivity index (χ1) is 10.0. The fraction of sp³-hybridized carbons (Fsp3) is 0.200. The van der Waals surface area contributed by atoms with Crippen LogP contribution >= 0.6 is 15.9 Å². The van der Waals surface area contributed by atoms with Crippen molar-refractivity contribution in [3.8, 4) is 28.8 Å². The minimum atomic E-state index is -0.642. The Kier molecular flexibility index (Phi) is 4.66. The first kappa shape index (κ1) is 15.1. The molecule has 0 amide bonds. The fourth-order valence-corrected chi connectivity index (χ4v) is 2.20. The van der Waals surface area contributed by atoms with Gasteiger partial charge in [-0.15, -0.1) is 11.8 Å². The van der Waals surface area contributed by atoms with Crippen LogP contribution in [0.5, 0.6) is 5.88 Å². The Morgan fingerprint density at radius 3 is 2.57 bits per heavy atom. The number of nitrogens with one attached hydrogen (secondary N) is 1. The smallest absolute Gasteiger partial charge is 0.331 e. The van der Waals surface area contributed by atoms with Gasteiger partial charge in [0, 0.05) is 17.4 Å². The van der Waals surface area contributed by atoms with Gasteiger partial charge in [0.15, 0.2) is 0 Å². The summed E-state index contributed by atoms with van der Waals surface area (Å²) in [5.74, 6) is 5.19. The molecule has 5 nitrogen and oxygen atoms in total. The molecule has 0 spiro atoms. The molecule has 21 heavy (non-hydrogen) atoms. The Balaban J connectivity index is 2.57. The number of nitrogens with zero attached hydrogens (tertiary/aromatic N) is 1. The Morgan fingerprint density at radius 2 is 1.95 bits per heavy atom. The zero-order valence-electron chi connectivity index (χ0n) is 11.3. The molecule has 0 bridgehead atoms. The van der Waals surface area contributed by atoms with E-state index in [-0.39, 0.29) is 18.0 Å². The third-order valence-corrected chi connectivity index (χ3v) is 3.47. The van der Waals surface area contributed by atoms with Crippen LogP contribution in [0.4, 0.5) is 0 Å². The largest absolute Gasteiger partial charge is 0.494 e. The number of H-pyrrole nitrogens is 1. The third-order valence-electron chi connectivity index (χ3n) is 2.94. The van der Waals surface area contributed by atoms with Gasteiger partial charge in [0.1, 0.15) is 5.56 Å². The fourth-order valence-electron chi connectivity index (χ4n) is 1.94. The minimum absolute atomic E-state index is 0.0755. The predicted octanol–water partition coefficient (Wildman–Crippen LogP) is 2.09. The lowest BCUT2D eigenvalue weighted by Crippen LogP contribution is -2.31. The monoisotopic (exact) mass is 348 g/mol. The van der Waals surface area contributed by atoms with Crippen LogP contribution in [0.1, 0.15) is 13.3 Å². The molecular formula is C15H13BrN2O3. The number of rotatable bonds is 3. The number of aromatic hydroxyl groups is 1. The first-order valence-corrected chi connectivity index (χ1v) is 7.05. The van der Waals surface area contributed by atoms with Crippen LogP contribution in [0.15, 0.2) is 38.3 Å². The van der Waals surface area contributed by atoms with E-state index in [2.05, 4.69) is 32.8 Å². The molecule has 0 aliphatic heterocycles. The van der Waals surface area contributed by atoms with E-state index in [1.807, 2.05) is 0 Å². The van der Waals surface area contributed by atoms with Crippen LogP contribution < -0.4 is 11.2 Å². The van der Waals surface area contributed by atoms with Gasteiger partial charge in [-0.25, -0.2) is 4.79 Å². The number of benzene rings is 1. The molecule has 0 unspecified atom stereocenters. The predicted molar refractivity (Wildman–Crippen MR) is 84.2 cm³/mol. The molecule has 1 aromatic heterocycles. The summed E-state index contributed by atoms with van der Waals surface area (Å²) < 4.78 is 1.97. The van der Waals surface area contributed by atoms with E-state index in [4.69, 9.17) is 0 Å². The van der Waals surface area contributed by atoms with Crippen LogP contribution in [-0.4, -0.2) is 14.7 Å². The van der Waals surface area contributed by atoms with Crippen molar-refractivity contribution < 1.29 is 5.11 Å². The molecule has 2 aromatic rings. The van der Waals surface area contributed by atoms with Crippen LogP contribution in [0.25, 0.3) is 11.1 Å². The summed E-state index contributed by atoms with van der Waals surface area (Å²) >= 11 is 3.30. The Hall–Kier alpha value is -2.26. The van der Waals surface area contributed by atoms with Crippen molar-refractivity contribution in [2.45, 2.75) is 19.9 Å². The lowest BCUT2D eigenvalue weighted by molar-refractivity contribution is 0.404. The van der Waals surface area contributed by atoms with E-state index in [9.17, 15) is 14.7 Å². The molecule has 0 aliphatic carbocycles. The molecule has 1 aromatic carbocycles. The number of aromatic amines is 1. The highest BCUT2D eigenvalue weighted by molar-refractivity contribution is 9.10. The molecule has 0 fully saturated rings. The van der Waals surface area contributed by atoms with Crippen molar-refractivity contribution in [3.63, 3.8) is 0 Å². The van der Waals surface area contributed by atoms with E-state index in [1.165, 1.54) is 0 Å². The van der Waals surface area contributed by atoms with Gasteiger partial charge in [0.05, 0.1) is 0 Å². The third kappa shape index (κ3) is 3.26. The van der Waals surface area contributed by atoms with E-state index >= 15 is 0 Å². The molecule has 0 radical (unpaired) electrons. The van der Waals surface area contributed by atoms with Gasteiger partial charge in [-0.3, -0.25) is 14.3 Å². The second-order valence-electron chi connectivity index (χ2n) is 4.29. The topological polar surface area (TPSA) is 75.1 Å². The summed E-state index contributed by atoms with van der Waals surface area (Å²) in [7, 11) is 0. The van der Waals surface area contributed by atoms with Crippen molar-refractivity contribution in [1.29, 1.82) is 0 Å². The highest BCUT2D eigenvalue weighted by atomic mass is 79.9. The van der Waals surface area contributed by atoms with E-state index in [0.717, 1.165) is 9.04 Å². The summed E-state index contributed by atoms with van der Waals surface area (Å²) in [5, 5.41) is 10.3. The van der Waals surface area contributed by atoms with Crippen LogP contribution in [-0.2, 0) is 6.54 Å². The maximum Gasteiger partial charge on any atom is 0.331 e. The molecule has 0 saturated carbocycles. The normalized spacial score (nSPS) is 10.0. The van der Waals surface area contributed by atoms with E-state index < -0.39 is 11.2 Å². The first-order valence-electron chi connectivity index (χ1n) is 6.26. The molecule has 1 heterocycles.